The van der Waals surface area contributed by atoms with Crippen molar-refractivity contribution in [3.63, 3.8) is 0 Å². The van der Waals surface area contributed by atoms with Crippen molar-refractivity contribution in [2.24, 2.45) is 0 Å². The average Bonchev–Trinajstić information content (AvgIpc) is 2.08. The molecule has 2 nitrogen and oxygen atoms in total. The molecule has 1 aliphatic carbocycles. The number of carbonyl (C=O) groups is 1. The van der Waals surface area contributed by atoms with Crippen molar-refractivity contribution in [2.45, 2.75) is 6.92 Å². The molecule has 0 fully saturated rings. The van der Waals surface area contributed by atoms with Gasteiger partial charge in [-0.05, 0) is 12.5 Å². The van der Waals surface area contributed by atoms with Crippen molar-refractivity contribution in [3.8, 4) is 0 Å². The highest BCUT2D eigenvalue weighted by atomic mass is 35.5. The third kappa shape index (κ3) is 1.30. The summed E-state index contributed by atoms with van der Waals surface area (Å²) in [5.74, 6) is -0.517. The molecule has 0 atom stereocenters. The van der Waals surface area contributed by atoms with Crippen LogP contribution in [-0.4, -0.2) is 11.5 Å². The molecule has 1 aliphatic rings. The molecule has 0 amide bonds. The van der Waals surface area contributed by atoms with Gasteiger partial charge in [-0.1, -0.05) is 34.8 Å². The predicted molar refractivity (Wildman–Crippen MR) is 50.0 cm³/mol. The molecule has 0 aromatic carbocycles. The van der Waals surface area contributed by atoms with Gasteiger partial charge in [-0.2, -0.15) is 0 Å². The number of allylic oxidation sites excluding steroid dienone is 4. The van der Waals surface area contributed by atoms with Crippen molar-refractivity contribution < 1.29 is 4.79 Å². The molecule has 0 aliphatic heterocycles. The molecule has 0 aromatic heterocycles. The summed E-state index contributed by atoms with van der Waals surface area (Å²) in [6.45, 7) is 1.55. The monoisotopic (exact) mass is 223 g/mol. The van der Waals surface area contributed by atoms with E-state index in [4.69, 9.17) is 40.2 Å². The van der Waals surface area contributed by atoms with Crippen molar-refractivity contribution in [1.29, 1.82) is 5.41 Å². The van der Waals surface area contributed by atoms with Crippen molar-refractivity contribution in [3.05, 3.63) is 20.7 Å². The van der Waals surface area contributed by atoms with Crippen LogP contribution in [0.2, 0.25) is 0 Å². The largest absolute Gasteiger partial charge is 0.299 e. The SMILES string of the molecule is CC1=C(Cl)C(=O)C(Cl)=C(Cl)C1=N. The normalized spacial score (nSPS) is 19.3. The van der Waals surface area contributed by atoms with Crippen LogP contribution in [0.15, 0.2) is 20.7 Å². The highest BCUT2D eigenvalue weighted by Gasteiger charge is 2.27. The molecule has 12 heavy (non-hydrogen) atoms. The van der Waals surface area contributed by atoms with E-state index in [1.807, 2.05) is 0 Å². The number of hydrogen-bond acceptors (Lipinski definition) is 2. The molecule has 0 saturated heterocycles. The van der Waals surface area contributed by atoms with Crippen LogP contribution in [0.5, 0.6) is 0 Å². The Kier molecular flexibility index (Phi) is 2.61. The number of hydrogen-bond donors (Lipinski definition) is 1. The Balaban J connectivity index is 3.32. The molecule has 0 saturated carbocycles. The lowest BCUT2D eigenvalue weighted by atomic mass is 10.0. The summed E-state index contributed by atoms with van der Waals surface area (Å²) in [6.07, 6.45) is 0. The molecule has 0 aromatic rings. The zero-order chi connectivity index (χ0) is 9.46. The number of nitrogens with one attached hydrogen (secondary N) is 1. The van der Waals surface area contributed by atoms with Crippen LogP contribution in [0.4, 0.5) is 0 Å². The van der Waals surface area contributed by atoms with Gasteiger partial charge in [0.05, 0.1) is 15.8 Å². The molecule has 1 rings (SSSR count). The van der Waals surface area contributed by atoms with Crippen LogP contribution in [0.25, 0.3) is 0 Å². The number of ketones is 1. The first kappa shape index (κ1) is 9.78. The van der Waals surface area contributed by atoms with Crippen molar-refractivity contribution in [1.82, 2.24) is 0 Å². The van der Waals surface area contributed by atoms with Crippen LogP contribution in [0, 0.1) is 5.41 Å². The van der Waals surface area contributed by atoms with Crippen LogP contribution in [-0.2, 0) is 4.79 Å². The summed E-state index contributed by atoms with van der Waals surface area (Å²) in [5, 5.41) is 7.13. The van der Waals surface area contributed by atoms with Gasteiger partial charge in [0, 0.05) is 0 Å². The first-order chi connectivity index (χ1) is 5.46. The van der Waals surface area contributed by atoms with Gasteiger partial charge < -0.3 is 0 Å². The Bertz CT molecular complexity index is 279. The van der Waals surface area contributed by atoms with E-state index in [-0.39, 0.29) is 20.8 Å². The Morgan fingerprint density at radius 1 is 1.08 bits per heavy atom. The van der Waals surface area contributed by atoms with Gasteiger partial charge in [0.25, 0.3) is 0 Å². The number of halogens is 3. The number of Topliss-reactive ketones (excluding diaryl/α,β-unsaturated/α-hetero) is 1. The Labute approximate surface area is 84.3 Å². The fourth-order valence-corrected chi connectivity index (χ4v) is 1.40. The molecule has 5 heteroatoms. The van der Waals surface area contributed by atoms with E-state index in [1.165, 1.54) is 0 Å². The first-order valence-corrected chi connectivity index (χ1v) is 4.15. The van der Waals surface area contributed by atoms with Crippen LogP contribution in [0.1, 0.15) is 6.92 Å². The minimum atomic E-state index is -0.517. The van der Waals surface area contributed by atoms with E-state index in [0.717, 1.165) is 0 Å². The van der Waals surface area contributed by atoms with E-state index in [1.54, 1.807) is 6.92 Å². The maximum absolute atomic E-state index is 11.1. The van der Waals surface area contributed by atoms with E-state index < -0.39 is 5.78 Å². The minimum Gasteiger partial charge on any atom is -0.299 e. The van der Waals surface area contributed by atoms with Gasteiger partial charge in [-0.25, -0.2) is 0 Å². The molecule has 0 unspecified atom stereocenters. The van der Waals surface area contributed by atoms with Crippen molar-refractivity contribution in [2.75, 3.05) is 0 Å². The lowest BCUT2D eigenvalue weighted by Crippen LogP contribution is -2.15. The third-order valence-corrected chi connectivity index (χ3v) is 2.81. The summed E-state index contributed by atoms with van der Waals surface area (Å²) in [5.41, 5.74) is 0.363. The van der Waals surface area contributed by atoms with Crippen LogP contribution in [0.3, 0.4) is 0 Å². The standard InChI is InChI=1S/C7H4Cl3NO/c1-2-3(8)7(12)5(10)4(9)6(2)11/h11H,1H3. The first-order valence-electron chi connectivity index (χ1n) is 3.02. The Morgan fingerprint density at radius 2 is 1.58 bits per heavy atom. The second kappa shape index (κ2) is 3.21. The zero-order valence-corrected chi connectivity index (χ0v) is 8.31. The number of rotatable bonds is 0. The molecule has 0 bridgehead atoms. The number of carbonyl (C=O) groups excluding carboxylic acids is 1. The molecule has 0 heterocycles. The topological polar surface area (TPSA) is 40.9 Å². The average molecular weight is 224 g/mol. The highest BCUT2D eigenvalue weighted by Crippen LogP contribution is 2.30. The van der Waals surface area contributed by atoms with Gasteiger partial charge in [-0.15, -0.1) is 0 Å². The second-order valence-electron chi connectivity index (χ2n) is 2.27. The third-order valence-electron chi connectivity index (χ3n) is 1.52. The van der Waals surface area contributed by atoms with Gasteiger partial charge >= 0.3 is 0 Å². The lowest BCUT2D eigenvalue weighted by molar-refractivity contribution is -0.111. The summed E-state index contributed by atoms with van der Waals surface area (Å²) in [7, 11) is 0. The van der Waals surface area contributed by atoms with Gasteiger partial charge in [-0.3, -0.25) is 10.2 Å². The summed E-state index contributed by atoms with van der Waals surface area (Å²) < 4.78 is 0. The molecular formula is C7H4Cl3NO. The van der Waals surface area contributed by atoms with Crippen LogP contribution >= 0.6 is 34.8 Å². The minimum absolute atomic E-state index is 0.00580. The fourth-order valence-electron chi connectivity index (χ4n) is 0.750. The molecule has 0 radical (unpaired) electrons. The van der Waals surface area contributed by atoms with Gasteiger partial charge in [0.2, 0.25) is 5.78 Å². The van der Waals surface area contributed by atoms with Crippen LogP contribution < -0.4 is 0 Å². The Hall–Kier alpha value is -0.310. The van der Waals surface area contributed by atoms with E-state index in [9.17, 15) is 4.79 Å². The molecule has 64 valence electrons. The Morgan fingerprint density at radius 3 is 2.08 bits per heavy atom. The maximum Gasteiger partial charge on any atom is 0.217 e. The van der Waals surface area contributed by atoms with Gasteiger partial charge in [0.1, 0.15) is 5.03 Å². The summed E-state index contributed by atoms with van der Waals surface area (Å²) in [4.78, 5) is 11.1. The van der Waals surface area contributed by atoms with E-state index in [0.29, 0.717) is 5.57 Å². The van der Waals surface area contributed by atoms with E-state index in [2.05, 4.69) is 0 Å². The van der Waals surface area contributed by atoms with E-state index >= 15 is 0 Å². The van der Waals surface area contributed by atoms with Crippen molar-refractivity contribution >= 4 is 46.3 Å². The molecule has 1 N–H and O–H groups in total. The fraction of sp³-hybridized carbons (Fsp3) is 0.143. The summed E-state index contributed by atoms with van der Waals surface area (Å²) in [6, 6.07) is 0. The zero-order valence-electron chi connectivity index (χ0n) is 6.04. The maximum atomic E-state index is 11.1. The highest BCUT2D eigenvalue weighted by molar-refractivity contribution is 6.64. The smallest absolute Gasteiger partial charge is 0.217 e. The predicted octanol–water partition coefficient (Wildman–Crippen LogP) is 2.79. The molecule has 0 spiro atoms. The molecular weight excluding hydrogens is 220 g/mol. The second-order valence-corrected chi connectivity index (χ2v) is 3.40. The lowest BCUT2D eigenvalue weighted by Gasteiger charge is -2.12. The van der Waals surface area contributed by atoms with Gasteiger partial charge in [0.15, 0.2) is 0 Å². The quantitative estimate of drug-likeness (QED) is 0.632. The summed E-state index contributed by atoms with van der Waals surface area (Å²) >= 11 is 16.7.